The molecule has 2 aliphatic carbocycles. The van der Waals surface area contributed by atoms with Crippen LogP contribution in [0.1, 0.15) is 88.1 Å². The van der Waals surface area contributed by atoms with E-state index in [0.29, 0.717) is 59.3 Å². The van der Waals surface area contributed by atoms with Crippen molar-refractivity contribution in [3.8, 4) is 11.8 Å². The van der Waals surface area contributed by atoms with Crippen molar-refractivity contribution in [2.75, 3.05) is 56.1 Å². The van der Waals surface area contributed by atoms with Crippen LogP contribution in [-0.4, -0.2) is 120 Å². The smallest absolute Gasteiger partial charge is 0.271 e. The average Bonchev–Trinajstić information content (AvgIpc) is 3.84. The van der Waals surface area contributed by atoms with Gasteiger partial charge in [0, 0.05) is 76.5 Å². The van der Waals surface area contributed by atoms with Crippen LogP contribution in [0.5, 0.6) is 5.75 Å². The third-order valence-corrected chi connectivity index (χ3v) is 13.3. The number of hydrogen-bond donors (Lipinski definition) is 2. The molecule has 0 bridgehead atoms. The van der Waals surface area contributed by atoms with Crippen molar-refractivity contribution in [2.45, 2.75) is 75.6 Å². The Labute approximate surface area is 352 Å². The van der Waals surface area contributed by atoms with Crippen molar-refractivity contribution in [1.29, 1.82) is 5.26 Å². The van der Waals surface area contributed by atoms with Gasteiger partial charge in [0.25, 0.3) is 11.8 Å². The van der Waals surface area contributed by atoms with E-state index in [2.05, 4.69) is 30.4 Å². The van der Waals surface area contributed by atoms with Gasteiger partial charge in [0.1, 0.15) is 35.2 Å². The fourth-order valence-corrected chi connectivity index (χ4v) is 9.82. The number of carbonyl (C=O) groups excluding carboxylic acids is 5. The number of nitrogens with zero attached hydrogens (tertiary/aromatic N) is 7. The number of fused-ring (bicyclic) bond motifs is 1. The van der Waals surface area contributed by atoms with Crippen LogP contribution in [0.25, 0.3) is 0 Å². The van der Waals surface area contributed by atoms with Crippen molar-refractivity contribution < 1.29 is 33.1 Å². The highest BCUT2D eigenvalue weighted by atomic mass is 35.5. The van der Waals surface area contributed by atoms with E-state index in [-0.39, 0.29) is 47.7 Å². The van der Waals surface area contributed by atoms with E-state index in [9.17, 15) is 24.0 Å². The molecule has 60 heavy (non-hydrogen) atoms. The lowest BCUT2D eigenvalue weighted by atomic mass is 9.93. The van der Waals surface area contributed by atoms with E-state index in [1.807, 2.05) is 11.0 Å². The van der Waals surface area contributed by atoms with Crippen molar-refractivity contribution >= 4 is 53.0 Å². The van der Waals surface area contributed by atoms with Gasteiger partial charge in [-0.25, -0.2) is 14.4 Å². The third-order valence-electron chi connectivity index (χ3n) is 12.9. The molecule has 2 saturated carbocycles. The summed E-state index contributed by atoms with van der Waals surface area (Å²) in [6, 6.07) is 9.17. The molecule has 1 aromatic heterocycles. The van der Waals surface area contributed by atoms with Crippen LogP contribution < -0.4 is 25.2 Å². The van der Waals surface area contributed by atoms with Crippen LogP contribution in [0.2, 0.25) is 5.02 Å². The second kappa shape index (κ2) is 17.5. The molecule has 3 aliphatic heterocycles. The molecule has 8 rings (SSSR count). The molecule has 17 heteroatoms. The Morgan fingerprint density at radius 2 is 1.73 bits per heavy atom. The number of hydrogen-bond acceptors (Lipinski definition) is 12. The fraction of sp³-hybridized carbons (Fsp3) is 0.488. The number of aldehydes is 1. The molecule has 3 aromatic rings. The van der Waals surface area contributed by atoms with Gasteiger partial charge in [-0.1, -0.05) is 11.6 Å². The number of anilines is 2. The summed E-state index contributed by atoms with van der Waals surface area (Å²) < 4.78 is 21.8. The Hall–Kier alpha value is -5.66. The number of halogens is 2. The van der Waals surface area contributed by atoms with Crippen molar-refractivity contribution in [1.82, 2.24) is 30.4 Å². The molecular formula is C43H47ClFN9O6. The number of aromatic nitrogens is 2. The number of nitriles is 1. The van der Waals surface area contributed by atoms with Crippen LogP contribution in [0.3, 0.4) is 0 Å². The number of benzene rings is 2. The third kappa shape index (κ3) is 8.64. The maximum Gasteiger partial charge on any atom is 0.271 e. The number of piperazine rings is 1. The standard InChI is InChI=1S/C43H47ClFN9O6/c1-51(37-8-9-40(56)50-42(37)58)43(59)33-18-35(45)38(16-28(33)24-55)54-22-26-14-30(15-27(26)23-54)52-10-12-53(13-11-52)39-21-47-36(20-48-39)41(57)49-29-3-6-31(7-4-29)60-32-5-2-25(19-46)34(44)17-32/h2,5,16-18,20-21,24,26-27,29-31,37H,3-4,6-15,22-23H2,1H3,(H,49,57)(H,50,56,58)/t26-,27?,29-,30-,31-,37?/m1/s1. The first-order valence-electron chi connectivity index (χ1n) is 20.6. The van der Waals surface area contributed by atoms with Gasteiger partial charge in [-0.15, -0.1) is 0 Å². The highest BCUT2D eigenvalue weighted by Gasteiger charge is 2.44. The first-order valence-corrected chi connectivity index (χ1v) is 21.0. The molecule has 4 atom stereocenters. The van der Waals surface area contributed by atoms with E-state index in [1.54, 1.807) is 24.4 Å². The lowest BCUT2D eigenvalue weighted by Crippen LogP contribution is -2.53. The fourth-order valence-electron chi connectivity index (χ4n) is 9.60. The number of piperidine rings is 1. The molecule has 3 saturated heterocycles. The Morgan fingerprint density at radius 1 is 1.00 bits per heavy atom. The quantitative estimate of drug-likeness (QED) is 0.222. The van der Waals surface area contributed by atoms with Gasteiger partial charge in [0.05, 0.1) is 40.3 Å². The molecule has 5 aliphatic rings. The number of nitrogens with one attached hydrogen (secondary N) is 2. The summed E-state index contributed by atoms with van der Waals surface area (Å²) in [5, 5.41) is 14.8. The Bertz CT molecular complexity index is 2190. The first kappa shape index (κ1) is 41.1. The largest absolute Gasteiger partial charge is 0.490 e. The van der Waals surface area contributed by atoms with E-state index < -0.39 is 29.6 Å². The number of rotatable bonds is 10. The first-order chi connectivity index (χ1) is 29.0. The number of carbonyl (C=O) groups is 5. The lowest BCUT2D eigenvalue weighted by Gasteiger charge is -2.39. The molecule has 4 heterocycles. The second-order valence-corrected chi connectivity index (χ2v) is 17.0. The van der Waals surface area contributed by atoms with Gasteiger partial charge in [-0.2, -0.15) is 5.26 Å². The van der Waals surface area contributed by atoms with Crippen LogP contribution in [0.15, 0.2) is 42.7 Å². The van der Waals surface area contributed by atoms with Crippen molar-refractivity contribution in [2.24, 2.45) is 11.8 Å². The molecule has 15 nitrogen and oxygen atoms in total. The summed E-state index contributed by atoms with van der Waals surface area (Å²) in [5.74, 6) is -0.397. The molecule has 2 aromatic carbocycles. The molecule has 2 N–H and O–H groups in total. The normalized spacial score (nSPS) is 25.6. The molecule has 0 radical (unpaired) electrons. The highest BCUT2D eigenvalue weighted by molar-refractivity contribution is 6.31. The summed E-state index contributed by atoms with van der Waals surface area (Å²) in [4.78, 5) is 79.3. The highest BCUT2D eigenvalue weighted by Crippen LogP contribution is 2.43. The monoisotopic (exact) mass is 839 g/mol. The predicted octanol–water partition coefficient (Wildman–Crippen LogP) is 3.99. The van der Waals surface area contributed by atoms with E-state index >= 15 is 4.39 Å². The predicted molar refractivity (Wildman–Crippen MR) is 218 cm³/mol. The zero-order valence-electron chi connectivity index (χ0n) is 33.3. The Kier molecular flexibility index (Phi) is 12.0. The van der Waals surface area contributed by atoms with E-state index in [0.717, 1.165) is 81.5 Å². The number of imide groups is 1. The van der Waals surface area contributed by atoms with E-state index in [4.69, 9.17) is 21.6 Å². The summed E-state index contributed by atoms with van der Waals surface area (Å²) >= 11 is 6.15. The number of amides is 4. The second-order valence-electron chi connectivity index (χ2n) is 16.5. The summed E-state index contributed by atoms with van der Waals surface area (Å²) in [7, 11) is 1.42. The molecular weight excluding hydrogens is 793 g/mol. The van der Waals surface area contributed by atoms with Gasteiger partial charge in [0.2, 0.25) is 11.8 Å². The minimum Gasteiger partial charge on any atom is -0.490 e. The van der Waals surface area contributed by atoms with Crippen molar-refractivity contribution in [3.05, 3.63) is 75.9 Å². The Balaban J connectivity index is 0.780. The zero-order valence-corrected chi connectivity index (χ0v) is 34.1. The summed E-state index contributed by atoms with van der Waals surface area (Å²) in [5.41, 5.74) is 0.917. The minimum absolute atomic E-state index is 0.00476. The molecule has 4 amide bonds. The summed E-state index contributed by atoms with van der Waals surface area (Å²) in [6.07, 6.45) is 9.06. The van der Waals surface area contributed by atoms with Gasteiger partial charge in [-0.05, 0) is 81.0 Å². The van der Waals surface area contributed by atoms with Gasteiger partial charge < -0.3 is 24.8 Å². The molecule has 5 fully saturated rings. The van der Waals surface area contributed by atoms with Crippen LogP contribution in [-0.2, 0) is 9.59 Å². The minimum atomic E-state index is -0.888. The van der Waals surface area contributed by atoms with Crippen molar-refractivity contribution in [3.63, 3.8) is 0 Å². The lowest BCUT2D eigenvalue weighted by molar-refractivity contribution is -0.136. The van der Waals surface area contributed by atoms with Crippen LogP contribution >= 0.6 is 11.6 Å². The Morgan fingerprint density at radius 3 is 2.37 bits per heavy atom. The van der Waals surface area contributed by atoms with E-state index in [1.165, 1.54) is 19.3 Å². The number of ether oxygens (including phenoxy) is 1. The SMILES string of the molecule is CN(C(=O)c1cc(F)c(N2CC3C[C@H](N4CCN(c5cnc(C(=O)N[C@H]6CC[C@H](Oc7ccc(C#N)c(Cl)c7)CC6)cn5)CC4)C[C@@H]3C2)cc1C=O)C1CCC(=O)NC1=O. The molecule has 314 valence electrons. The molecule has 0 spiro atoms. The van der Waals surface area contributed by atoms with Crippen LogP contribution in [0, 0.1) is 29.0 Å². The zero-order chi connectivity index (χ0) is 42.1. The van der Waals surface area contributed by atoms with Gasteiger partial charge >= 0.3 is 0 Å². The maximum absolute atomic E-state index is 15.7. The molecule has 2 unspecified atom stereocenters. The number of likely N-dealkylation sites (N-methyl/N-ethyl adjacent to an activating group) is 1. The average molecular weight is 840 g/mol. The maximum atomic E-state index is 15.7. The van der Waals surface area contributed by atoms with Gasteiger partial charge in [-0.3, -0.25) is 34.2 Å². The van der Waals surface area contributed by atoms with Crippen LogP contribution in [0.4, 0.5) is 15.9 Å². The van der Waals surface area contributed by atoms with Gasteiger partial charge in [0.15, 0.2) is 6.29 Å². The topological polar surface area (TPSA) is 181 Å². The summed E-state index contributed by atoms with van der Waals surface area (Å²) in [6.45, 7) is 4.59.